The van der Waals surface area contributed by atoms with Gasteiger partial charge in [-0.2, -0.15) is 0 Å². The van der Waals surface area contributed by atoms with Crippen LogP contribution in [0.15, 0.2) is 18.2 Å². The van der Waals surface area contributed by atoms with Crippen LogP contribution in [0.25, 0.3) is 0 Å². The van der Waals surface area contributed by atoms with Crippen LogP contribution in [0, 0.1) is 18.8 Å². The maximum Gasteiger partial charge on any atom is 0.254 e. The van der Waals surface area contributed by atoms with E-state index in [0.29, 0.717) is 6.04 Å². The summed E-state index contributed by atoms with van der Waals surface area (Å²) in [5, 5.41) is 8.75. The van der Waals surface area contributed by atoms with Gasteiger partial charge in [-0.3, -0.25) is 4.79 Å². The highest BCUT2D eigenvalue weighted by molar-refractivity contribution is 5.94. The van der Waals surface area contributed by atoms with Crippen LogP contribution in [-0.2, 0) is 0 Å². The van der Waals surface area contributed by atoms with Crippen molar-refractivity contribution >= 4 is 5.91 Å². The van der Waals surface area contributed by atoms with Gasteiger partial charge in [-0.05, 0) is 50.5 Å². The SMILES string of the molecule is Cc1cc(C(=O)N2CCCCCC2C)ccc1C#CCO. The molecular weight excluding hydrogens is 262 g/mol. The van der Waals surface area contributed by atoms with E-state index in [4.69, 9.17) is 5.11 Å². The van der Waals surface area contributed by atoms with Gasteiger partial charge in [-0.1, -0.05) is 24.7 Å². The second-order valence-corrected chi connectivity index (χ2v) is 5.69. The van der Waals surface area contributed by atoms with Crippen molar-refractivity contribution in [2.75, 3.05) is 13.2 Å². The van der Waals surface area contributed by atoms with Gasteiger partial charge in [0.25, 0.3) is 5.91 Å². The molecule has 1 unspecified atom stereocenters. The maximum atomic E-state index is 12.7. The Bertz CT molecular complexity index is 568. The molecular formula is C18H23NO2. The van der Waals surface area contributed by atoms with Gasteiger partial charge in [0.2, 0.25) is 0 Å². The summed E-state index contributed by atoms with van der Waals surface area (Å²) in [5.74, 6) is 5.66. The van der Waals surface area contributed by atoms with Crippen molar-refractivity contribution in [3.8, 4) is 11.8 Å². The van der Waals surface area contributed by atoms with Crippen molar-refractivity contribution < 1.29 is 9.90 Å². The molecule has 3 nitrogen and oxygen atoms in total. The van der Waals surface area contributed by atoms with Crippen LogP contribution in [0.5, 0.6) is 0 Å². The average molecular weight is 285 g/mol. The van der Waals surface area contributed by atoms with Gasteiger partial charge in [0.05, 0.1) is 0 Å². The molecule has 112 valence electrons. The molecule has 2 rings (SSSR count). The van der Waals surface area contributed by atoms with E-state index in [-0.39, 0.29) is 12.5 Å². The zero-order valence-electron chi connectivity index (χ0n) is 12.9. The molecule has 0 spiro atoms. The second kappa shape index (κ2) is 7.28. The minimum Gasteiger partial charge on any atom is -0.384 e. The van der Waals surface area contributed by atoms with Crippen molar-refractivity contribution in [1.29, 1.82) is 0 Å². The maximum absolute atomic E-state index is 12.7. The molecule has 0 radical (unpaired) electrons. The van der Waals surface area contributed by atoms with E-state index in [9.17, 15) is 4.79 Å². The van der Waals surface area contributed by atoms with Gasteiger partial charge in [0.1, 0.15) is 6.61 Å². The molecule has 1 fully saturated rings. The van der Waals surface area contributed by atoms with Gasteiger partial charge in [0, 0.05) is 23.7 Å². The van der Waals surface area contributed by atoms with Crippen molar-refractivity contribution in [3.63, 3.8) is 0 Å². The molecule has 1 atom stereocenters. The van der Waals surface area contributed by atoms with E-state index < -0.39 is 0 Å². The molecule has 1 N–H and O–H groups in total. The lowest BCUT2D eigenvalue weighted by Crippen LogP contribution is -2.38. The first-order chi connectivity index (χ1) is 10.1. The molecule has 21 heavy (non-hydrogen) atoms. The number of hydrogen-bond acceptors (Lipinski definition) is 2. The lowest BCUT2D eigenvalue weighted by molar-refractivity contribution is 0.0698. The van der Waals surface area contributed by atoms with Crippen LogP contribution in [0.3, 0.4) is 0 Å². The van der Waals surface area contributed by atoms with Gasteiger partial charge < -0.3 is 10.0 Å². The number of aryl methyl sites for hydroxylation is 1. The van der Waals surface area contributed by atoms with Gasteiger partial charge in [-0.25, -0.2) is 0 Å². The highest BCUT2D eigenvalue weighted by atomic mass is 16.2. The zero-order valence-corrected chi connectivity index (χ0v) is 12.9. The van der Waals surface area contributed by atoms with E-state index in [1.54, 1.807) is 0 Å². The molecule has 0 aliphatic carbocycles. The number of benzene rings is 1. The van der Waals surface area contributed by atoms with Gasteiger partial charge in [-0.15, -0.1) is 0 Å². The lowest BCUT2D eigenvalue weighted by Gasteiger charge is -2.27. The number of aliphatic hydroxyl groups is 1. The van der Waals surface area contributed by atoms with Gasteiger partial charge >= 0.3 is 0 Å². The molecule has 1 aliphatic rings. The number of rotatable bonds is 1. The van der Waals surface area contributed by atoms with Crippen molar-refractivity contribution in [3.05, 3.63) is 34.9 Å². The standard InChI is InChI=1S/C18H23NO2/c1-14-13-17(10-9-16(14)8-6-12-20)18(21)19-11-5-3-4-7-15(19)2/h9-10,13,15,20H,3-5,7,11-12H2,1-2H3. The first-order valence-electron chi connectivity index (χ1n) is 7.65. The monoisotopic (exact) mass is 285 g/mol. The number of hydrogen-bond donors (Lipinski definition) is 1. The minimum absolute atomic E-state index is 0.120. The first-order valence-corrected chi connectivity index (χ1v) is 7.65. The van der Waals surface area contributed by atoms with E-state index in [1.165, 1.54) is 12.8 Å². The fourth-order valence-corrected chi connectivity index (χ4v) is 2.81. The zero-order chi connectivity index (χ0) is 15.2. The summed E-state index contributed by atoms with van der Waals surface area (Å²) < 4.78 is 0. The summed E-state index contributed by atoms with van der Waals surface area (Å²) >= 11 is 0. The predicted molar refractivity (Wildman–Crippen MR) is 84.1 cm³/mol. The van der Waals surface area contributed by atoms with Crippen LogP contribution in [0.2, 0.25) is 0 Å². The van der Waals surface area contributed by atoms with Gasteiger partial charge in [0.15, 0.2) is 0 Å². The number of nitrogens with zero attached hydrogens (tertiary/aromatic N) is 1. The average Bonchev–Trinajstić information content (AvgIpc) is 2.70. The smallest absolute Gasteiger partial charge is 0.254 e. The van der Waals surface area contributed by atoms with E-state index in [0.717, 1.165) is 36.1 Å². The highest BCUT2D eigenvalue weighted by Crippen LogP contribution is 2.20. The summed E-state index contributed by atoms with van der Waals surface area (Å²) in [5.41, 5.74) is 2.57. The molecule has 1 aromatic rings. The fraction of sp³-hybridized carbons (Fsp3) is 0.500. The number of carbonyl (C=O) groups is 1. The Kier molecular flexibility index (Phi) is 5.41. The number of amides is 1. The molecule has 1 amide bonds. The van der Waals surface area contributed by atoms with E-state index in [2.05, 4.69) is 18.8 Å². The molecule has 0 bridgehead atoms. The molecule has 0 aromatic heterocycles. The topological polar surface area (TPSA) is 40.5 Å². The highest BCUT2D eigenvalue weighted by Gasteiger charge is 2.23. The Labute approximate surface area is 127 Å². The Morgan fingerprint density at radius 3 is 2.90 bits per heavy atom. The summed E-state index contributed by atoms with van der Waals surface area (Å²) in [6.45, 7) is 4.79. The van der Waals surface area contributed by atoms with E-state index in [1.807, 2.05) is 30.0 Å². The molecule has 1 aliphatic heterocycles. The Balaban J connectivity index is 2.20. The van der Waals surface area contributed by atoms with Crippen molar-refractivity contribution in [2.45, 2.75) is 45.6 Å². The third kappa shape index (κ3) is 3.86. The second-order valence-electron chi connectivity index (χ2n) is 5.69. The molecule has 1 heterocycles. The summed E-state index contributed by atoms with van der Waals surface area (Å²) in [6.07, 6.45) is 4.60. The Morgan fingerprint density at radius 1 is 1.38 bits per heavy atom. The molecule has 1 saturated heterocycles. The molecule has 0 saturated carbocycles. The third-order valence-electron chi connectivity index (χ3n) is 4.09. The lowest BCUT2D eigenvalue weighted by atomic mass is 10.0. The number of likely N-dealkylation sites (tertiary alicyclic amines) is 1. The molecule has 1 aromatic carbocycles. The first kappa shape index (κ1) is 15.6. The van der Waals surface area contributed by atoms with Crippen molar-refractivity contribution in [2.24, 2.45) is 0 Å². The number of aliphatic hydroxyl groups excluding tert-OH is 1. The van der Waals surface area contributed by atoms with Crippen LogP contribution in [0.1, 0.15) is 54.1 Å². The Hall–Kier alpha value is -1.79. The third-order valence-corrected chi connectivity index (χ3v) is 4.09. The summed E-state index contributed by atoms with van der Waals surface area (Å²) in [6, 6.07) is 5.93. The summed E-state index contributed by atoms with van der Waals surface area (Å²) in [7, 11) is 0. The minimum atomic E-state index is -0.147. The normalized spacial score (nSPS) is 18.6. The van der Waals surface area contributed by atoms with Crippen LogP contribution in [0.4, 0.5) is 0 Å². The quantitative estimate of drug-likeness (QED) is 0.806. The fourth-order valence-electron chi connectivity index (χ4n) is 2.81. The van der Waals surface area contributed by atoms with Crippen LogP contribution in [-0.4, -0.2) is 35.1 Å². The van der Waals surface area contributed by atoms with Crippen molar-refractivity contribution in [1.82, 2.24) is 4.90 Å². The summed E-state index contributed by atoms with van der Waals surface area (Å²) in [4.78, 5) is 14.7. The molecule has 3 heteroatoms. The van der Waals surface area contributed by atoms with E-state index >= 15 is 0 Å². The Morgan fingerprint density at radius 2 is 2.19 bits per heavy atom. The van der Waals surface area contributed by atoms with Crippen LogP contribution >= 0.6 is 0 Å². The van der Waals surface area contributed by atoms with Crippen LogP contribution < -0.4 is 0 Å². The number of carbonyl (C=O) groups excluding carboxylic acids is 1. The predicted octanol–water partition coefficient (Wildman–Crippen LogP) is 2.74. The largest absolute Gasteiger partial charge is 0.384 e.